The summed E-state index contributed by atoms with van der Waals surface area (Å²) in [7, 11) is 3.52. The van der Waals surface area contributed by atoms with Gasteiger partial charge in [-0.25, -0.2) is 4.39 Å². The van der Waals surface area contributed by atoms with Crippen molar-refractivity contribution in [3.63, 3.8) is 0 Å². The van der Waals surface area contributed by atoms with Gasteiger partial charge in [-0.3, -0.25) is 9.79 Å². The Morgan fingerprint density at radius 2 is 1.84 bits per heavy atom. The van der Waals surface area contributed by atoms with Crippen LogP contribution in [-0.2, 0) is 11.8 Å². The van der Waals surface area contributed by atoms with Gasteiger partial charge in [0.25, 0.3) is 5.91 Å². The molecule has 3 rings (SSSR count). The van der Waals surface area contributed by atoms with Gasteiger partial charge < -0.3 is 15.5 Å². The maximum atomic E-state index is 13.3. The van der Waals surface area contributed by atoms with Gasteiger partial charge in [0, 0.05) is 38.2 Å². The van der Waals surface area contributed by atoms with Crippen molar-refractivity contribution >= 4 is 35.8 Å². The topological polar surface area (TPSA) is 56.7 Å². The monoisotopic (exact) mass is 552 g/mol. The zero-order valence-corrected chi connectivity index (χ0v) is 21.5. The lowest BCUT2D eigenvalue weighted by Gasteiger charge is -2.41. The SMILES string of the molecule is CCNC(=NCC1(c2ccc(F)cc2)CCC1)NCCc1cccc(C(=O)N(C)C)c1.I. The second kappa shape index (κ2) is 12.2. The van der Waals surface area contributed by atoms with E-state index in [1.165, 1.54) is 24.1 Å². The van der Waals surface area contributed by atoms with Crippen LogP contribution in [0.15, 0.2) is 53.5 Å². The smallest absolute Gasteiger partial charge is 0.253 e. The summed E-state index contributed by atoms with van der Waals surface area (Å²) < 4.78 is 13.3. The molecule has 0 heterocycles. The number of hydrogen-bond acceptors (Lipinski definition) is 2. The summed E-state index contributed by atoms with van der Waals surface area (Å²) in [5, 5.41) is 6.72. The van der Waals surface area contributed by atoms with Crippen LogP contribution >= 0.6 is 24.0 Å². The Hall–Kier alpha value is -2.16. The van der Waals surface area contributed by atoms with E-state index in [2.05, 4.69) is 10.6 Å². The van der Waals surface area contributed by atoms with Crippen molar-refractivity contribution in [2.75, 3.05) is 33.7 Å². The number of halogens is 2. The lowest BCUT2D eigenvalue weighted by Crippen LogP contribution is -2.42. The molecule has 32 heavy (non-hydrogen) atoms. The van der Waals surface area contributed by atoms with Crippen molar-refractivity contribution in [3.05, 3.63) is 71.0 Å². The van der Waals surface area contributed by atoms with Crippen LogP contribution < -0.4 is 10.6 Å². The van der Waals surface area contributed by atoms with Crippen molar-refractivity contribution in [2.45, 2.75) is 38.0 Å². The van der Waals surface area contributed by atoms with Crippen LogP contribution in [0.4, 0.5) is 4.39 Å². The number of rotatable bonds is 8. The van der Waals surface area contributed by atoms with Crippen molar-refractivity contribution < 1.29 is 9.18 Å². The largest absolute Gasteiger partial charge is 0.357 e. The molecule has 0 unspecified atom stereocenters. The highest BCUT2D eigenvalue weighted by molar-refractivity contribution is 14.0. The quantitative estimate of drug-likeness (QED) is 0.291. The van der Waals surface area contributed by atoms with E-state index in [0.29, 0.717) is 12.1 Å². The highest BCUT2D eigenvalue weighted by atomic mass is 127. The van der Waals surface area contributed by atoms with Gasteiger partial charge in [0.15, 0.2) is 5.96 Å². The van der Waals surface area contributed by atoms with Crippen LogP contribution in [0.5, 0.6) is 0 Å². The number of nitrogens with one attached hydrogen (secondary N) is 2. The standard InChI is InChI=1S/C25H33FN4O.HI/c1-4-27-24(28-16-13-19-7-5-8-20(17-19)23(31)30(2)3)29-18-25(14-6-15-25)21-9-11-22(26)12-10-21;/h5,7-12,17H,4,6,13-16,18H2,1-3H3,(H2,27,28,29);1H. The number of nitrogens with zero attached hydrogens (tertiary/aromatic N) is 2. The fourth-order valence-electron chi connectivity index (χ4n) is 3.96. The fourth-order valence-corrected chi connectivity index (χ4v) is 3.96. The minimum absolute atomic E-state index is 0. The minimum Gasteiger partial charge on any atom is -0.357 e. The third-order valence-electron chi connectivity index (χ3n) is 5.94. The molecule has 7 heteroatoms. The van der Waals surface area contributed by atoms with Crippen molar-refractivity contribution in [1.82, 2.24) is 15.5 Å². The number of benzene rings is 2. The Morgan fingerprint density at radius 1 is 1.12 bits per heavy atom. The molecule has 1 fully saturated rings. The predicted molar refractivity (Wildman–Crippen MR) is 139 cm³/mol. The number of amides is 1. The zero-order chi connectivity index (χ0) is 22.3. The van der Waals surface area contributed by atoms with E-state index in [1.54, 1.807) is 19.0 Å². The minimum atomic E-state index is -0.201. The number of guanidine groups is 1. The Kier molecular flexibility index (Phi) is 9.93. The normalized spacial score (nSPS) is 14.7. The zero-order valence-electron chi connectivity index (χ0n) is 19.2. The van der Waals surface area contributed by atoms with Crippen LogP contribution in [0.2, 0.25) is 0 Å². The van der Waals surface area contributed by atoms with Crippen molar-refractivity contribution in [3.8, 4) is 0 Å². The summed E-state index contributed by atoms with van der Waals surface area (Å²) in [5.41, 5.74) is 2.99. The van der Waals surface area contributed by atoms with Gasteiger partial charge in [0.2, 0.25) is 0 Å². The number of carbonyl (C=O) groups excluding carboxylic acids is 1. The lowest BCUT2D eigenvalue weighted by molar-refractivity contribution is 0.0827. The first-order valence-electron chi connectivity index (χ1n) is 11.0. The summed E-state index contributed by atoms with van der Waals surface area (Å²) in [6.07, 6.45) is 4.13. The van der Waals surface area contributed by atoms with E-state index in [1.807, 2.05) is 43.3 Å². The average molecular weight is 552 g/mol. The Morgan fingerprint density at radius 3 is 2.44 bits per heavy atom. The van der Waals surface area contributed by atoms with Gasteiger partial charge in [-0.1, -0.05) is 30.7 Å². The lowest BCUT2D eigenvalue weighted by atomic mass is 9.64. The molecule has 0 spiro atoms. The molecule has 0 aromatic heterocycles. The van der Waals surface area contributed by atoms with Gasteiger partial charge in [-0.2, -0.15) is 0 Å². The van der Waals surface area contributed by atoms with E-state index < -0.39 is 0 Å². The molecule has 0 radical (unpaired) electrons. The predicted octanol–water partition coefficient (Wildman–Crippen LogP) is 4.37. The second-order valence-electron chi connectivity index (χ2n) is 8.41. The van der Waals surface area contributed by atoms with Crippen LogP contribution in [0.25, 0.3) is 0 Å². The van der Waals surface area contributed by atoms with E-state index in [0.717, 1.165) is 43.9 Å². The Bertz CT molecular complexity index is 910. The molecule has 174 valence electrons. The van der Waals surface area contributed by atoms with E-state index in [9.17, 15) is 9.18 Å². The third-order valence-corrected chi connectivity index (χ3v) is 5.94. The molecule has 0 atom stereocenters. The number of carbonyl (C=O) groups is 1. The van der Waals surface area contributed by atoms with Gasteiger partial charge in [0.1, 0.15) is 5.82 Å². The summed E-state index contributed by atoms with van der Waals surface area (Å²) in [6.45, 7) is 4.23. The maximum absolute atomic E-state index is 13.3. The molecular formula is C25H34FIN4O. The van der Waals surface area contributed by atoms with Crippen molar-refractivity contribution in [1.29, 1.82) is 0 Å². The molecule has 5 nitrogen and oxygen atoms in total. The summed E-state index contributed by atoms with van der Waals surface area (Å²) in [4.78, 5) is 18.6. The molecular weight excluding hydrogens is 518 g/mol. The number of aliphatic imine (C=N–C) groups is 1. The molecule has 0 bridgehead atoms. The van der Waals surface area contributed by atoms with Gasteiger partial charge in [0.05, 0.1) is 6.54 Å². The molecule has 2 aromatic rings. The molecule has 1 aliphatic rings. The summed E-state index contributed by atoms with van der Waals surface area (Å²) in [5.74, 6) is 0.598. The molecule has 2 aromatic carbocycles. The first-order valence-corrected chi connectivity index (χ1v) is 11.0. The molecule has 1 saturated carbocycles. The first kappa shape index (κ1) is 26.1. The summed E-state index contributed by atoms with van der Waals surface area (Å²) in [6, 6.07) is 14.6. The molecule has 1 amide bonds. The van der Waals surface area contributed by atoms with Gasteiger partial charge in [-0.15, -0.1) is 24.0 Å². The first-order chi connectivity index (χ1) is 14.9. The third kappa shape index (κ3) is 6.67. The van der Waals surface area contributed by atoms with Crippen LogP contribution in [0.1, 0.15) is 47.7 Å². The van der Waals surface area contributed by atoms with Gasteiger partial charge >= 0.3 is 0 Å². The molecule has 0 aliphatic heterocycles. The second-order valence-corrected chi connectivity index (χ2v) is 8.41. The molecule has 2 N–H and O–H groups in total. The van der Waals surface area contributed by atoms with E-state index in [4.69, 9.17) is 4.99 Å². The van der Waals surface area contributed by atoms with E-state index in [-0.39, 0.29) is 41.1 Å². The van der Waals surface area contributed by atoms with Crippen LogP contribution in [0.3, 0.4) is 0 Å². The number of hydrogen-bond donors (Lipinski definition) is 2. The maximum Gasteiger partial charge on any atom is 0.253 e. The molecule has 1 aliphatic carbocycles. The Balaban J connectivity index is 0.00000363. The van der Waals surface area contributed by atoms with Crippen LogP contribution in [-0.4, -0.2) is 50.5 Å². The van der Waals surface area contributed by atoms with Gasteiger partial charge in [-0.05, 0) is 61.6 Å². The Labute approximate surface area is 207 Å². The average Bonchev–Trinajstić information content (AvgIpc) is 2.73. The molecule has 0 saturated heterocycles. The summed E-state index contributed by atoms with van der Waals surface area (Å²) >= 11 is 0. The van der Waals surface area contributed by atoms with Crippen LogP contribution in [0, 0.1) is 5.82 Å². The fraction of sp³-hybridized carbons (Fsp3) is 0.440. The van der Waals surface area contributed by atoms with E-state index >= 15 is 0 Å². The highest BCUT2D eigenvalue weighted by Crippen LogP contribution is 2.44. The van der Waals surface area contributed by atoms with Crippen molar-refractivity contribution in [2.24, 2.45) is 4.99 Å². The highest BCUT2D eigenvalue weighted by Gasteiger charge is 2.38.